The zero-order valence-electron chi connectivity index (χ0n) is 11.0. The van der Waals surface area contributed by atoms with Gasteiger partial charge in [-0.2, -0.15) is 0 Å². The fourth-order valence-corrected chi connectivity index (χ4v) is 2.51. The molecule has 0 bridgehead atoms. The summed E-state index contributed by atoms with van der Waals surface area (Å²) in [6, 6.07) is 5.49. The number of ether oxygens (including phenoxy) is 1. The number of benzene rings is 1. The van der Waals surface area contributed by atoms with Gasteiger partial charge in [0.2, 0.25) is 10.0 Å². The highest BCUT2D eigenvalue weighted by molar-refractivity contribution is 7.89. The van der Waals surface area contributed by atoms with E-state index in [4.69, 9.17) is 0 Å². The molecule has 0 saturated carbocycles. The van der Waals surface area contributed by atoms with Crippen LogP contribution in [0.1, 0.15) is 24.2 Å². The number of hydrogen-bond acceptors (Lipinski definition) is 5. The van der Waals surface area contributed by atoms with Crippen LogP contribution in [0.5, 0.6) is 0 Å². The zero-order chi connectivity index (χ0) is 14.7. The predicted octanol–water partition coefficient (Wildman–Crippen LogP) is 0.522. The number of carbonyl (C=O) groups is 1. The van der Waals surface area contributed by atoms with Crippen molar-refractivity contribution in [3.63, 3.8) is 0 Å². The highest BCUT2D eigenvalue weighted by atomic mass is 32.2. The minimum atomic E-state index is -3.78. The van der Waals surface area contributed by atoms with Crippen LogP contribution >= 0.6 is 0 Å². The van der Waals surface area contributed by atoms with Crippen molar-refractivity contribution in [2.45, 2.75) is 24.3 Å². The van der Waals surface area contributed by atoms with Crippen molar-refractivity contribution in [1.82, 2.24) is 4.72 Å². The van der Waals surface area contributed by atoms with Crippen LogP contribution in [0.15, 0.2) is 29.2 Å². The highest BCUT2D eigenvalue weighted by Crippen LogP contribution is 2.13. The van der Waals surface area contributed by atoms with Gasteiger partial charge < -0.3 is 9.84 Å². The van der Waals surface area contributed by atoms with Crippen LogP contribution in [0.4, 0.5) is 0 Å². The summed E-state index contributed by atoms with van der Waals surface area (Å²) in [6.45, 7) is 2.85. The van der Waals surface area contributed by atoms with Gasteiger partial charge in [0.15, 0.2) is 0 Å². The topological polar surface area (TPSA) is 92.7 Å². The number of methoxy groups -OCH3 is 1. The van der Waals surface area contributed by atoms with Crippen molar-refractivity contribution in [3.05, 3.63) is 29.8 Å². The molecule has 0 fully saturated rings. The molecule has 6 nitrogen and oxygen atoms in total. The molecule has 0 radical (unpaired) electrons. The van der Waals surface area contributed by atoms with Gasteiger partial charge in [0.1, 0.15) is 0 Å². The standard InChI is InChI=1S/C12H17NO5S/c1-12(2,15)8-13-19(16,17)10-6-4-5-9(7-10)11(14)18-3/h4-7,13,15H,8H2,1-3H3. The fourth-order valence-electron chi connectivity index (χ4n) is 1.26. The average molecular weight is 287 g/mol. The Morgan fingerprint density at radius 1 is 1.42 bits per heavy atom. The summed E-state index contributed by atoms with van der Waals surface area (Å²) in [5, 5.41) is 9.51. The van der Waals surface area contributed by atoms with E-state index in [0.717, 1.165) is 0 Å². The third kappa shape index (κ3) is 4.62. The van der Waals surface area contributed by atoms with Crippen LogP contribution in [-0.4, -0.2) is 38.7 Å². The molecule has 1 aromatic rings. The molecule has 0 aromatic heterocycles. The molecule has 0 aliphatic heterocycles. The lowest BCUT2D eigenvalue weighted by atomic mass is 10.1. The number of nitrogens with one attached hydrogen (secondary N) is 1. The molecule has 2 N–H and O–H groups in total. The highest BCUT2D eigenvalue weighted by Gasteiger charge is 2.20. The number of carbonyl (C=O) groups excluding carboxylic acids is 1. The molecule has 0 atom stereocenters. The molecule has 1 rings (SSSR count). The third-order valence-corrected chi connectivity index (χ3v) is 3.66. The summed E-state index contributed by atoms with van der Waals surface area (Å²) in [7, 11) is -2.56. The lowest BCUT2D eigenvalue weighted by Gasteiger charge is -2.17. The maximum atomic E-state index is 12.0. The second-order valence-electron chi connectivity index (χ2n) is 4.66. The normalized spacial score (nSPS) is 12.2. The van der Waals surface area contributed by atoms with Crippen molar-refractivity contribution in [2.24, 2.45) is 0 Å². The van der Waals surface area contributed by atoms with Gasteiger partial charge in [0, 0.05) is 6.54 Å². The second kappa shape index (κ2) is 5.68. The summed E-state index contributed by atoms with van der Waals surface area (Å²) < 4.78 is 30.7. The number of esters is 1. The summed E-state index contributed by atoms with van der Waals surface area (Å²) in [5.41, 5.74) is -1.01. The van der Waals surface area contributed by atoms with Gasteiger partial charge in [0.05, 0.1) is 23.2 Å². The summed E-state index contributed by atoms with van der Waals surface area (Å²) in [5.74, 6) is -0.612. The van der Waals surface area contributed by atoms with Crippen molar-refractivity contribution in [1.29, 1.82) is 0 Å². The van der Waals surface area contributed by atoms with E-state index in [0.29, 0.717) is 0 Å². The first kappa shape index (κ1) is 15.6. The maximum absolute atomic E-state index is 12.0. The fraction of sp³-hybridized carbons (Fsp3) is 0.417. The Morgan fingerprint density at radius 3 is 2.58 bits per heavy atom. The maximum Gasteiger partial charge on any atom is 0.337 e. The summed E-state index contributed by atoms with van der Waals surface area (Å²) in [4.78, 5) is 11.3. The first-order chi connectivity index (χ1) is 8.65. The zero-order valence-corrected chi connectivity index (χ0v) is 11.8. The van der Waals surface area contributed by atoms with E-state index in [-0.39, 0.29) is 17.0 Å². The van der Waals surface area contributed by atoms with Gasteiger partial charge >= 0.3 is 5.97 Å². The predicted molar refractivity (Wildman–Crippen MR) is 69.3 cm³/mol. The molecule has 0 spiro atoms. The van der Waals surface area contributed by atoms with Gasteiger partial charge in [-0.15, -0.1) is 0 Å². The van der Waals surface area contributed by atoms with E-state index < -0.39 is 21.6 Å². The van der Waals surface area contributed by atoms with Gasteiger partial charge in [0.25, 0.3) is 0 Å². The van der Waals surface area contributed by atoms with E-state index in [1.165, 1.54) is 45.2 Å². The monoisotopic (exact) mass is 287 g/mol. The van der Waals surface area contributed by atoms with Gasteiger partial charge in [-0.05, 0) is 32.0 Å². The largest absolute Gasteiger partial charge is 0.465 e. The molecule has 0 aliphatic rings. The van der Waals surface area contributed by atoms with Crippen molar-refractivity contribution in [2.75, 3.05) is 13.7 Å². The van der Waals surface area contributed by atoms with E-state index in [2.05, 4.69) is 9.46 Å². The molecule has 7 heteroatoms. The number of aliphatic hydroxyl groups is 1. The Hall–Kier alpha value is -1.44. The molecule has 0 heterocycles. The molecule has 19 heavy (non-hydrogen) atoms. The Balaban J connectivity index is 2.99. The number of sulfonamides is 1. The van der Waals surface area contributed by atoms with E-state index >= 15 is 0 Å². The number of rotatable bonds is 5. The molecule has 106 valence electrons. The van der Waals surface area contributed by atoms with E-state index in [9.17, 15) is 18.3 Å². The van der Waals surface area contributed by atoms with Crippen LogP contribution in [0.25, 0.3) is 0 Å². The lowest BCUT2D eigenvalue weighted by Crippen LogP contribution is -2.38. The van der Waals surface area contributed by atoms with Gasteiger partial charge in [-0.25, -0.2) is 17.9 Å². The smallest absolute Gasteiger partial charge is 0.337 e. The van der Waals surface area contributed by atoms with E-state index in [1.807, 2.05) is 0 Å². The molecular formula is C12H17NO5S. The van der Waals surface area contributed by atoms with Crippen molar-refractivity contribution < 1.29 is 23.1 Å². The van der Waals surface area contributed by atoms with Gasteiger partial charge in [-0.1, -0.05) is 6.07 Å². The number of hydrogen-bond donors (Lipinski definition) is 2. The molecular weight excluding hydrogens is 270 g/mol. The third-order valence-electron chi connectivity index (χ3n) is 2.26. The molecule has 1 aromatic carbocycles. The minimum Gasteiger partial charge on any atom is -0.465 e. The van der Waals surface area contributed by atoms with E-state index in [1.54, 1.807) is 0 Å². The first-order valence-electron chi connectivity index (χ1n) is 5.56. The molecule has 0 unspecified atom stereocenters. The Kier molecular flexibility index (Phi) is 4.67. The molecule has 0 saturated heterocycles. The minimum absolute atomic E-state index is 0.0559. The average Bonchev–Trinajstić information content (AvgIpc) is 2.35. The molecule has 0 aliphatic carbocycles. The Labute approximate surface area is 112 Å². The van der Waals surface area contributed by atoms with Crippen LogP contribution in [0.3, 0.4) is 0 Å². The van der Waals surface area contributed by atoms with Crippen molar-refractivity contribution in [3.8, 4) is 0 Å². The van der Waals surface area contributed by atoms with Gasteiger partial charge in [-0.3, -0.25) is 0 Å². The SMILES string of the molecule is COC(=O)c1cccc(S(=O)(=O)NCC(C)(C)O)c1. The van der Waals surface area contributed by atoms with Crippen LogP contribution in [0, 0.1) is 0 Å². The quantitative estimate of drug-likeness (QED) is 0.770. The van der Waals surface area contributed by atoms with Crippen LogP contribution < -0.4 is 4.72 Å². The molecule has 0 amide bonds. The van der Waals surface area contributed by atoms with Crippen LogP contribution in [-0.2, 0) is 14.8 Å². The Bertz CT molecular complexity index is 560. The summed E-state index contributed by atoms with van der Waals surface area (Å²) >= 11 is 0. The Morgan fingerprint density at radius 2 is 2.05 bits per heavy atom. The first-order valence-corrected chi connectivity index (χ1v) is 7.04. The summed E-state index contributed by atoms with van der Waals surface area (Å²) in [6.07, 6.45) is 0. The van der Waals surface area contributed by atoms with Crippen LogP contribution in [0.2, 0.25) is 0 Å². The lowest BCUT2D eigenvalue weighted by molar-refractivity contribution is 0.0600. The second-order valence-corrected chi connectivity index (χ2v) is 6.42. The van der Waals surface area contributed by atoms with Crippen molar-refractivity contribution >= 4 is 16.0 Å².